The van der Waals surface area contributed by atoms with E-state index >= 15 is 0 Å². The highest BCUT2D eigenvalue weighted by Gasteiger charge is 2.04. The van der Waals surface area contributed by atoms with Crippen molar-refractivity contribution in [2.24, 2.45) is 4.99 Å². The summed E-state index contributed by atoms with van der Waals surface area (Å²) in [5.74, 6) is 0.698. The van der Waals surface area contributed by atoms with Crippen LogP contribution in [-0.4, -0.2) is 51.5 Å². The normalized spacial score (nSPS) is 11.4. The summed E-state index contributed by atoms with van der Waals surface area (Å²) in [5.41, 5.74) is 4.31. The van der Waals surface area contributed by atoms with E-state index in [1.807, 2.05) is 24.3 Å². The summed E-state index contributed by atoms with van der Waals surface area (Å²) < 4.78 is 0. The van der Waals surface area contributed by atoms with Crippen molar-refractivity contribution in [1.82, 2.24) is 20.9 Å². The van der Waals surface area contributed by atoms with Gasteiger partial charge < -0.3 is 20.9 Å². The van der Waals surface area contributed by atoms with Crippen LogP contribution in [0.2, 0.25) is 0 Å². The Kier molecular flexibility index (Phi) is 8.49. The van der Waals surface area contributed by atoms with Crippen LogP contribution in [0.3, 0.4) is 0 Å². The molecule has 0 atom stereocenters. The quantitative estimate of drug-likeness (QED) is 0.483. The molecule has 2 aromatic carbocycles. The highest BCUT2D eigenvalue weighted by molar-refractivity contribution is 5.94. The number of guanidine groups is 1. The highest BCUT2D eigenvalue weighted by atomic mass is 16.1. The highest BCUT2D eigenvalue weighted by Crippen LogP contribution is 2.07. The predicted molar refractivity (Wildman–Crippen MR) is 116 cm³/mol. The van der Waals surface area contributed by atoms with Gasteiger partial charge in [-0.25, -0.2) is 0 Å². The Morgan fingerprint density at radius 1 is 1.00 bits per heavy atom. The van der Waals surface area contributed by atoms with E-state index in [4.69, 9.17) is 0 Å². The second-order valence-electron chi connectivity index (χ2n) is 6.94. The summed E-state index contributed by atoms with van der Waals surface area (Å²) >= 11 is 0. The van der Waals surface area contributed by atoms with E-state index in [2.05, 4.69) is 64.2 Å². The fourth-order valence-electron chi connectivity index (χ4n) is 2.95. The van der Waals surface area contributed by atoms with E-state index in [-0.39, 0.29) is 5.91 Å². The maximum atomic E-state index is 11.7. The zero-order valence-electron chi connectivity index (χ0n) is 17.2. The van der Waals surface area contributed by atoms with Gasteiger partial charge in [-0.15, -0.1) is 0 Å². The summed E-state index contributed by atoms with van der Waals surface area (Å²) in [6, 6.07) is 16.2. The van der Waals surface area contributed by atoms with Crippen LogP contribution in [-0.2, 0) is 19.5 Å². The van der Waals surface area contributed by atoms with E-state index in [9.17, 15) is 4.79 Å². The van der Waals surface area contributed by atoms with Crippen LogP contribution >= 0.6 is 0 Å². The lowest BCUT2D eigenvalue weighted by Gasteiger charge is -2.14. The first kappa shape index (κ1) is 21.4. The molecule has 150 valence electrons. The summed E-state index contributed by atoms with van der Waals surface area (Å²) in [6.07, 6.45) is 0.809. The van der Waals surface area contributed by atoms with Gasteiger partial charge in [-0.1, -0.05) is 36.4 Å². The third kappa shape index (κ3) is 7.04. The van der Waals surface area contributed by atoms with Crippen LogP contribution in [0.1, 0.15) is 27.0 Å². The van der Waals surface area contributed by atoms with Gasteiger partial charge in [0.2, 0.25) is 0 Å². The topological polar surface area (TPSA) is 68.8 Å². The number of hydrogen-bond donors (Lipinski definition) is 3. The Labute approximate surface area is 168 Å². The van der Waals surface area contributed by atoms with Gasteiger partial charge in [-0.2, -0.15) is 0 Å². The Morgan fingerprint density at radius 3 is 2.43 bits per heavy atom. The number of nitrogens with one attached hydrogen (secondary N) is 3. The van der Waals surface area contributed by atoms with E-state index < -0.39 is 0 Å². The minimum Gasteiger partial charge on any atom is -0.356 e. The zero-order chi connectivity index (χ0) is 20.4. The number of benzene rings is 2. The molecule has 2 aromatic rings. The number of rotatable bonds is 8. The van der Waals surface area contributed by atoms with Crippen LogP contribution in [0.25, 0.3) is 0 Å². The molecule has 0 saturated carbocycles. The van der Waals surface area contributed by atoms with Gasteiger partial charge in [-0.3, -0.25) is 9.79 Å². The Hall–Kier alpha value is -2.86. The molecular weight excluding hydrogens is 350 g/mol. The number of carbonyl (C=O) groups is 1. The number of carbonyl (C=O) groups excluding carboxylic acids is 1. The van der Waals surface area contributed by atoms with E-state index in [0.717, 1.165) is 31.0 Å². The Balaban J connectivity index is 1.83. The van der Waals surface area contributed by atoms with E-state index in [1.54, 1.807) is 14.1 Å². The number of amides is 1. The molecule has 3 N–H and O–H groups in total. The lowest BCUT2D eigenvalue weighted by atomic mass is 10.1. The first-order chi connectivity index (χ1) is 13.5. The first-order valence-corrected chi connectivity index (χ1v) is 9.50. The lowest BCUT2D eigenvalue weighted by molar-refractivity contribution is 0.0963. The average Bonchev–Trinajstić information content (AvgIpc) is 2.70. The molecule has 0 aliphatic carbocycles. The molecular formula is C22H31N5O. The molecule has 0 unspecified atom stereocenters. The minimum absolute atomic E-state index is 0.0659. The zero-order valence-corrected chi connectivity index (χ0v) is 17.2. The summed E-state index contributed by atoms with van der Waals surface area (Å²) in [4.78, 5) is 18.2. The van der Waals surface area contributed by atoms with E-state index in [1.165, 1.54) is 11.1 Å². The fraction of sp³-hybridized carbons (Fsp3) is 0.364. The van der Waals surface area contributed by atoms with Gasteiger partial charge in [-0.05, 0) is 49.3 Å². The molecule has 0 aliphatic rings. The molecule has 0 fully saturated rings. The standard InChI is InChI=1S/C22H31N5O/c1-23-21(28)20-10-6-7-17(14-20)11-12-25-22(24-2)26-15-18-8-5-9-19(13-18)16-27(3)4/h5-10,13-14H,11-12,15-16H2,1-4H3,(H,23,28)(H2,24,25,26). The van der Waals surface area contributed by atoms with E-state index in [0.29, 0.717) is 12.1 Å². The monoisotopic (exact) mass is 381 g/mol. The van der Waals surface area contributed by atoms with Crippen molar-refractivity contribution >= 4 is 11.9 Å². The van der Waals surface area contributed by atoms with Crippen LogP contribution in [0, 0.1) is 0 Å². The summed E-state index contributed by atoms with van der Waals surface area (Å²) in [7, 11) is 7.55. The second-order valence-corrected chi connectivity index (χ2v) is 6.94. The predicted octanol–water partition coefficient (Wildman–Crippen LogP) is 2.02. The van der Waals surface area contributed by atoms with Crippen LogP contribution in [0.15, 0.2) is 53.5 Å². The van der Waals surface area contributed by atoms with Crippen molar-refractivity contribution < 1.29 is 4.79 Å². The lowest BCUT2D eigenvalue weighted by Crippen LogP contribution is -2.37. The summed E-state index contributed by atoms with van der Waals surface area (Å²) in [5, 5.41) is 9.33. The Morgan fingerprint density at radius 2 is 1.71 bits per heavy atom. The molecule has 6 nitrogen and oxygen atoms in total. The van der Waals surface area contributed by atoms with Gasteiger partial charge in [0.15, 0.2) is 5.96 Å². The molecule has 28 heavy (non-hydrogen) atoms. The van der Waals surface area contributed by atoms with Crippen molar-refractivity contribution in [3.05, 3.63) is 70.8 Å². The molecule has 0 aromatic heterocycles. The van der Waals surface area contributed by atoms with Gasteiger partial charge in [0.05, 0.1) is 0 Å². The second kappa shape index (κ2) is 11.1. The Bertz CT molecular complexity index is 801. The van der Waals surface area contributed by atoms with Gasteiger partial charge in [0, 0.05) is 39.3 Å². The summed E-state index contributed by atoms with van der Waals surface area (Å²) in [6.45, 7) is 2.38. The van der Waals surface area contributed by atoms with Gasteiger partial charge in [0.1, 0.15) is 0 Å². The molecule has 0 heterocycles. The first-order valence-electron chi connectivity index (χ1n) is 9.50. The number of aliphatic imine (C=N–C) groups is 1. The maximum absolute atomic E-state index is 11.7. The van der Waals surface area contributed by atoms with Crippen molar-refractivity contribution in [1.29, 1.82) is 0 Å². The molecule has 0 radical (unpaired) electrons. The molecule has 0 aliphatic heterocycles. The van der Waals surface area contributed by atoms with Crippen LogP contribution in [0.4, 0.5) is 0 Å². The third-order valence-corrected chi connectivity index (χ3v) is 4.30. The average molecular weight is 382 g/mol. The largest absolute Gasteiger partial charge is 0.356 e. The van der Waals surface area contributed by atoms with Gasteiger partial charge >= 0.3 is 0 Å². The molecule has 0 saturated heterocycles. The molecule has 0 spiro atoms. The van der Waals surface area contributed by atoms with Crippen LogP contribution in [0.5, 0.6) is 0 Å². The molecule has 2 rings (SSSR count). The number of hydrogen-bond acceptors (Lipinski definition) is 3. The third-order valence-electron chi connectivity index (χ3n) is 4.30. The maximum Gasteiger partial charge on any atom is 0.251 e. The molecule has 6 heteroatoms. The van der Waals surface area contributed by atoms with Gasteiger partial charge in [0.25, 0.3) is 5.91 Å². The SMILES string of the molecule is CN=C(NCCc1cccc(C(=O)NC)c1)NCc1cccc(CN(C)C)c1. The van der Waals surface area contributed by atoms with Crippen molar-refractivity contribution in [2.75, 3.05) is 34.7 Å². The van der Waals surface area contributed by atoms with Crippen molar-refractivity contribution in [3.63, 3.8) is 0 Å². The molecule has 0 bridgehead atoms. The number of nitrogens with zero attached hydrogens (tertiary/aromatic N) is 2. The molecule has 1 amide bonds. The van der Waals surface area contributed by atoms with Crippen LogP contribution < -0.4 is 16.0 Å². The van der Waals surface area contributed by atoms with Crippen molar-refractivity contribution in [2.45, 2.75) is 19.5 Å². The minimum atomic E-state index is -0.0659. The smallest absolute Gasteiger partial charge is 0.251 e. The fourth-order valence-corrected chi connectivity index (χ4v) is 2.95. The van der Waals surface area contributed by atoms with Crippen molar-refractivity contribution in [3.8, 4) is 0 Å².